The van der Waals surface area contributed by atoms with E-state index in [1.165, 1.54) is 12.1 Å². The zero-order valence-electron chi connectivity index (χ0n) is 10.4. The molecule has 0 heterocycles. The summed E-state index contributed by atoms with van der Waals surface area (Å²) in [5.74, 6) is -0.641. The van der Waals surface area contributed by atoms with Crippen LogP contribution in [0.15, 0.2) is 36.4 Å². The van der Waals surface area contributed by atoms with Crippen molar-refractivity contribution >= 4 is 0 Å². The third kappa shape index (κ3) is 2.57. The topological polar surface area (TPSA) is 12.0 Å². The van der Waals surface area contributed by atoms with Crippen LogP contribution in [-0.4, -0.2) is 7.05 Å². The Morgan fingerprint density at radius 1 is 1.00 bits per heavy atom. The maximum absolute atomic E-state index is 13.9. The smallest absolute Gasteiger partial charge is 0.131 e. The van der Waals surface area contributed by atoms with E-state index in [0.717, 1.165) is 5.56 Å². The van der Waals surface area contributed by atoms with Gasteiger partial charge in [-0.2, -0.15) is 0 Å². The minimum atomic E-state index is -0.328. The van der Waals surface area contributed by atoms with Gasteiger partial charge < -0.3 is 5.32 Å². The molecule has 0 aliphatic heterocycles. The van der Waals surface area contributed by atoms with Crippen LogP contribution in [0.25, 0.3) is 11.1 Å². The molecule has 0 amide bonds. The Morgan fingerprint density at radius 3 is 2.39 bits per heavy atom. The van der Waals surface area contributed by atoms with Gasteiger partial charge in [0.15, 0.2) is 0 Å². The van der Waals surface area contributed by atoms with Gasteiger partial charge in [-0.05, 0) is 42.8 Å². The molecule has 0 spiro atoms. The largest absolute Gasteiger partial charge is 0.316 e. The lowest BCUT2D eigenvalue weighted by molar-refractivity contribution is 0.616. The van der Waals surface area contributed by atoms with Gasteiger partial charge >= 0.3 is 0 Å². The number of rotatable bonds is 3. The molecule has 0 radical (unpaired) electrons. The molecule has 94 valence electrons. The van der Waals surface area contributed by atoms with E-state index in [4.69, 9.17) is 0 Å². The van der Waals surface area contributed by atoms with Crippen LogP contribution >= 0.6 is 0 Å². The molecular weight excluding hydrogens is 232 g/mol. The summed E-state index contributed by atoms with van der Waals surface area (Å²) in [6, 6.07) is 9.76. The lowest BCUT2D eigenvalue weighted by atomic mass is 10.0. The maximum Gasteiger partial charge on any atom is 0.131 e. The highest BCUT2D eigenvalue weighted by atomic mass is 19.1. The molecular formula is C15H15F2N. The first-order valence-corrected chi connectivity index (χ1v) is 5.81. The quantitative estimate of drug-likeness (QED) is 0.872. The Balaban J connectivity index is 2.41. The average Bonchev–Trinajstić information content (AvgIpc) is 2.34. The molecule has 0 aliphatic rings. The third-order valence-corrected chi connectivity index (χ3v) is 2.90. The number of halogens is 2. The Kier molecular flexibility index (Phi) is 3.72. The van der Waals surface area contributed by atoms with Crippen LogP contribution < -0.4 is 5.32 Å². The monoisotopic (exact) mass is 247 g/mol. The second-order valence-corrected chi connectivity index (χ2v) is 4.31. The van der Waals surface area contributed by atoms with Gasteiger partial charge in [-0.3, -0.25) is 0 Å². The molecule has 0 saturated heterocycles. The van der Waals surface area contributed by atoms with Crippen LogP contribution in [0.4, 0.5) is 8.78 Å². The normalized spacial score (nSPS) is 10.7. The first-order valence-electron chi connectivity index (χ1n) is 5.81. The van der Waals surface area contributed by atoms with Crippen molar-refractivity contribution in [1.82, 2.24) is 5.32 Å². The molecule has 1 N–H and O–H groups in total. The van der Waals surface area contributed by atoms with Crippen molar-refractivity contribution in [1.29, 1.82) is 0 Å². The molecule has 1 nitrogen and oxygen atoms in total. The minimum absolute atomic E-state index is 0.314. The summed E-state index contributed by atoms with van der Waals surface area (Å²) >= 11 is 0. The van der Waals surface area contributed by atoms with E-state index in [1.807, 2.05) is 6.07 Å². The zero-order chi connectivity index (χ0) is 13.1. The van der Waals surface area contributed by atoms with Crippen LogP contribution in [0.2, 0.25) is 0 Å². The number of nitrogens with one attached hydrogen (secondary N) is 1. The van der Waals surface area contributed by atoms with Crippen LogP contribution in [-0.2, 0) is 6.54 Å². The summed E-state index contributed by atoms with van der Waals surface area (Å²) in [6.07, 6.45) is 0. The molecule has 18 heavy (non-hydrogen) atoms. The van der Waals surface area contributed by atoms with Crippen LogP contribution in [0.3, 0.4) is 0 Å². The molecule has 0 unspecified atom stereocenters. The standard InChI is InChI=1S/C15H15F2N/c1-10-3-5-12(8-14(10)16)13-6-4-11(9-18-2)7-15(13)17/h3-8,18H,9H2,1-2H3. The molecule has 0 bridgehead atoms. The fourth-order valence-corrected chi connectivity index (χ4v) is 1.87. The summed E-state index contributed by atoms with van der Waals surface area (Å²) in [4.78, 5) is 0. The highest BCUT2D eigenvalue weighted by molar-refractivity contribution is 5.65. The average molecular weight is 247 g/mol. The first kappa shape index (κ1) is 12.7. The van der Waals surface area contributed by atoms with Crippen molar-refractivity contribution in [3.8, 4) is 11.1 Å². The summed E-state index contributed by atoms with van der Waals surface area (Å²) in [7, 11) is 1.81. The van der Waals surface area contributed by atoms with Crippen molar-refractivity contribution in [2.45, 2.75) is 13.5 Å². The van der Waals surface area contributed by atoms with Gasteiger partial charge in [0, 0.05) is 12.1 Å². The van der Waals surface area contributed by atoms with Crippen LogP contribution in [0.1, 0.15) is 11.1 Å². The third-order valence-electron chi connectivity index (χ3n) is 2.90. The van der Waals surface area contributed by atoms with Gasteiger partial charge in [0.2, 0.25) is 0 Å². The molecule has 2 rings (SSSR count). The molecule has 0 aliphatic carbocycles. The second kappa shape index (κ2) is 5.27. The maximum atomic E-state index is 13.9. The van der Waals surface area contributed by atoms with Gasteiger partial charge in [0.25, 0.3) is 0 Å². The lowest BCUT2D eigenvalue weighted by Crippen LogP contribution is -2.05. The summed E-state index contributed by atoms with van der Waals surface area (Å²) in [5.41, 5.74) is 2.41. The Morgan fingerprint density at radius 2 is 1.78 bits per heavy atom. The van der Waals surface area contributed by atoms with E-state index in [0.29, 0.717) is 23.2 Å². The lowest BCUT2D eigenvalue weighted by Gasteiger charge is -2.07. The first-order chi connectivity index (χ1) is 8.61. The summed E-state index contributed by atoms with van der Waals surface area (Å²) in [5, 5.41) is 2.96. The van der Waals surface area contributed by atoms with E-state index in [-0.39, 0.29) is 11.6 Å². The molecule has 2 aromatic rings. The van der Waals surface area contributed by atoms with Gasteiger partial charge in [0.1, 0.15) is 11.6 Å². The second-order valence-electron chi connectivity index (χ2n) is 4.31. The molecule has 0 saturated carbocycles. The van der Waals surface area contributed by atoms with E-state index >= 15 is 0 Å². The Labute approximate surface area is 105 Å². The minimum Gasteiger partial charge on any atom is -0.316 e. The fourth-order valence-electron chi connectivity index (χ4n) is 1.87. The van der Waals surface area contributed by atoms with Crippen molar-refractivity contribution in [3.05, 3.63) is 59.2 Å². The number of aryl methyl sites for hydroxylation is 1. The highest BCUT2D eigenvalue weighted by Crippen LogP contribution is 2.25. The highest BCUT2D eigenvalue weighted by Gasteiger charge is 2.08. The molecule has 2 aromatic carbocycles. The van der Waals surface area contributed by atoms with Gasteiger partial charge in [-0.1, -0.05) is 24.3 Å². The molecule has 0 aromatic heterocycles. The van der Waals surface area contributed by atoms with Crippen LogP contribution in [0.5, 0.6) is 0 Å². The summed E-state index contributed by atoms with van der Waals surface area (Å²) < 4.78 is 27.4. The van der Waals surface area contributed by atoms with Crippen LogP contribution in [0, 0.1) is 18.6 Å². The van der Waals surface area contributed by atoms with E-state index in [9.17, 15) is 8.78 Å². The predicted molar refractivity (Wildman–Crippen MR) is 69.3 cm³/mol. The SMILES string of the molecule is CNCc1ccc(-c2ccc(C)c(F)c2)c(F)c1. The summed E-state index contributed by atoms with van der Waals surface area (Å²) in [6.45, 7) is 2.30. The fraction of sp³-hybridized carbons (Fsp3) is 0.200. The molecule has 0 atom stereocenters. The van der Waals surface area contributed by atoms with Crippen molar-refractivity contribution < 1.29 is 8.78 Å². The van der Waals surface area contributed by atoms with Gasteiger partial charge in [0.05, 0.1) is 0 Å². The van der Waals surface area contributed by atoms with Gasteiger partial charge in [-0.25, -0.2) is 8.78 Å². The van der Waals surface area contributed by atoms with Crippen molar-refractivity contribution in [2.24, 2.45) is 0 Å². The van der Waals surface area contributed by atoms with E-state index < -0.39 is 0 Å². The predicted octanol–water partition coefficient (Wildman–Crippen LogP) is 3.66. The van der Waals surface area contributed by atoms with Gasteiger partial charge in [-0.15, -0.1) is 0 Å². The Bertz CT molecular complexity index is 564. The van der Waals surface area contributed by atoms with Crippen molar-refractivity contribution in [2.75, 3.05) is 7.05 Å². The molecule has 3 heteroatoms. The van der Waals surface area contributed by atoms with E-state index in [2.05, 4.69) is 5.32 Å². The van der Waals surface area contributed by atoms with E-state index in [1.54, 1.807) is 32.2 Å². The van der Waals surface area contributed by atoms with Crippen molar-refractivity contribution in [3.63, 3.8) is 0 Å². The number of hydrogen-bond acceptors (Lipinski definition) is 1. The number of benzene rings is 2. The zero-order valence-corrected chi connectivity index (χ0v) is 10.4. The molecule has 0 fully saturated rings. The number of hydrogen-bond donors (Lipinski definition) is 1. The Hall–Kier alpha value is -1.74.